The van der Waals surface area contributed by atoms with E-state index in [-0.39, 0.29) is 31.1 Å². The highest BCUT2D eigenvalue weighted by Crippen LogP contribution is 2.32. The lowest BCUT2D eigenvalue weighted by Gasteiger charge is -2.28. The van der Waals surface area contributed by atoms with Crippen LogP contribution in [0.2, 0.25) is 0 Å². The summed E-state index contributed by atoms with van der Waals surface area (Å²) in [6.07, 6.45) is 5.88. The van der Waals surface area contributed by atoms with E-state index in [1.807, 2.05) is 13.8 Å². The standard InChI is InChI=1S/C19H34O4/c1-6-19(5,13-14(2)3)18(21)23-12-11-22-17(20)16-10-8-7-9-15(16)4/h14-16H,6-13H2,1-5H3. The second kappa shape index (κ2) is 9.29. The molecule has 3 unspecified atom stereocenters. The molecular weight excluding hydrogens is 292 g/mol. The Bertz CT molecular complexity index is 391. The molecule has 1 rings (SSSR count). The quantitative estimate of drug-likeness (QED) is 0.491. The van der Waals surface area contributed by atoms with Crippen LogP contribution in [-0.4, -0.2) is 25.2 Å². The molecule has 0 aromatic heterocycles. The molecule has 0 saturated heterocycles. The molecule has 0 bridgehead atoms. The van der Waals surface area contributed by atoms with E-state index in [0.717, 1.165) is 32.1 Å². The van der Waals surface area contributed by atoms with E-state index >= 15 is 0 Å². The highest BCUT2D eigenvalue weighted by Gasteiger charge is 2.34. The molecule has 4 nitrogen and oxygen atoms in total. The van der Waals surface area contributed by atoms with Crippen LogP contribution < -0.4 is 0 Å². The van der Waals surface area contributed by atoms with Crippen molar-refractivity contribution >= 4 is 11.9 Å². The fourth-order valence-corrected chi connectivity index (χ4v) is 3.50. The van der Waals surface area contributed by atoms with Crippen molar-refractivity contribution in [3.05, 3.63) is 0 Å². The molecule has 1 fully saturated rings. The van der Waals surface area contributed by atoms with Gasteiger partial charge in [0.25, 0.3) is 0 Å². The minimum absolute atomic E-state index is 0.0151. The Kier molecular flexibility index (Phi) is 8.07. The molecule has 0 aliphatic heterocycles. The van der Waals surface area contributed by atoms with E-state index < -0.39 is 5.41 Å². The molecule has 4 heteroatoms. The van der Waals surface area contributed by atoms with E-state index in [9.17, 15) is 9.59 Å². The van der Waals surface area contributed by atoms with E-state index in [4.69, 9.17) is 9.47 Å². The summed E-state index contributed by atoms with van der Waals surface area (Å²) in [5, 5.41) is 0. The van der Waals surface area contributed by atoms with Crippen LogP contribution in [0.1, 0.15) is 73.1 Å². The maximum absolute atomic E-state index is 12.3. The first-order valence-corrected chi connectivity index (χ1v) is 9.14. The van der Waals surface area contributed by atoms with Gasteiger partial charge in [0.15, 0.2) is 0 Å². The molecule has 0 radical (unpaired) electrons. The van der Waals surface area contributed by atoms with Crippen molar-refractivity contribution in [2.24, 2.45) is 23.2 Å². The molecule has 0 amide bonds. The topological polar surface area (TPSA) is 52.6 Å². The molecule has 0 spiro atoms. The van der Waals surface area contributed by atoms with Gasteiger partial charge in [-0.15, -0.1) is 0 Å². The molecule has 134 valence electrons. The van der Waals surface area contributed by atoms with Crippen LogP contribution in [0.15, 0.2) is 0 Å². The highest BCUT2D eigenvalue weighted by atomic mass is 16.6. The lowest BCUT2D eigenvalue weighted by atomic mass is 9.80. The molecular formula is C19H34O4. The average molecular weight is 326 g/mol. The predicted octanol–water partition coefficient (Wildman–Crippen LogP) is 4.36. The monoisotopic (exact) mass is 326 g/mol. The third-order valence-corrected chi connectivity index (χ3v) is 5.11. The zero-order valence-electron chi connectivity index (χ0n) is 15.5. The number of rotatable bonds is 8. The molecule has 3 atom stereocenters. The van der Waals surface area contributed by atoms with Crippen molar-refractivity contribution in [1.29, 1.82) is 0 Å². The summed E-state index contributed by atoms with van der Waals surface area (Å²) in [5.41, 5.74) is -0.448. The third-order valence-electron chi connectivity index (χ3n) is 5.11. The first-order chi connectivity index (χ1) is 10.8. The summed E-state index contributed by atoms with van der Waals surface area (Å²) in [6, 6.07) is 0. The summed E-state index contributed by atoms with van der Waals surface area (Å²) in [4.78, 5) is 24.4. The normalized spacial score (nSPS) is 24.1. The van der Waals surface area contributed by atoms with Crippen LogP contribution in [0, 0.1) is 23.2 Å². The van der Waals surface area contributed by atoms with Gasteiger partial charge in [-0.1, -0.05) is 40.5 Å². The number of esters is 2. The van der Waals surface area contributed by atoms with Crippen molar-refractivity contribution in [3.8, 4) is 0 Å². The third kappa shape index (κ3) is 6.15. The Balaban J connectivity index is 2.33. The van der Waals surface area contributed by atoms with E-state index in [1.165, 1.54) is 6.42 Å². The van der Waals surface area contributed by atoms with Crippen molar-refractivity contribution in [1.82, 2.24) is 0 Å². The Morgan fingerprint density at radius 2 is 1.74 bits per heavy atom. The van der Waals surface area contributed by atoms with Crippen LogP contribution in [-0.2, 0) is 19.1 Å². The second-order valence-electron chi connectivity index (χ2n) is 7.68. The second-order valence-corrected chi connectivity index (χ2v) is 7.68. The molecule has 0 aromatic carbocycles. The van der Waals surface area contributed by atoms with Gasteiger partial charge in [0.2, 0.25) is 0 Å². The lowest BCUT2D eigenvalue weighted by Crippen LogP contribution is -2.32. The van der Waals surface area contributed by atoms with Crippen LogP contribution in [0.25, 0.3) is 0 Å². The maximum Gasteiger partial charge on any atom is 0.311 e. The number of carbonyl (C=O) groups excluding carboxylic acids is 2. The van der Waals surface area contributed by atoms with Crippen molar-refractivity contribution in [2.45, 2.75) is 73.1 Å². The molecule has 1 aliphatic rings. The summed E-state index contributed by atoms with van der Waals surface area (Å²) in [7, 11) is 0. The molecule has 1 saturated carbocycles. The van der Waals surface area contributed by atoms with Gasteiger partial charge in [-0.2, -0.15) is 0 Å². The Hall–Kier alpha value is -1.06. The molecule has 0 aromatic rings. The number of hydrogen-bond acceptors (Lipinski definition) is 4. The number of hydrogen-bond donors (Lipinski definition) is 0. The zero-order chi connectivity index (χ0) is 17.5. The smallest absolute Gasteiger partial charge is 0.311 e. The minimum atomic E-state index is -0.448. The number of ether oxygens (including phenoxy) is 2. The zero-order valence-corrected chi connectivity index (χ0v) is 15.5. The van der Waals surface area contributed by atoms with Gasteiger partial charge in [0.1, 0.15) is 13.2 Å². The Morgan fingerprint density at radius 1 is 1.13 bits per heavy atom. The van der Waals surface area contributed by atoms with Crippen LogP contribution in [0.3, 0.4) is 0 Å². The van der Waals surface area contributed by atoms with Crippen molar-refractivity contribution in [2.75, 3.05) is 13.2 Å². The summed E-state index contributed by atoms with van der Waals surface area (Å²) in [6.45, 7) is 10.6. The molecule has 0 heterocycles. The van der Waals surface area contributed by atoms with E-state index in [1.54, 1.807) is 0 Å². The molecule has 23 heavy (non-hydrogen) atoms. The van der Waals surface area contributed by atoms with Gasteiger partial charge < -0.3 is 9.47 Å². The number of carbonyl (C=O) groups is 2. The molecule has 0 N–H and O–H groups in total. The van der Waals surface area contributed by atoms with Crippen LogP contribution in [0.4, 0.5) is 0 Å². The summed E-state index contributed by atoms with van der Waals surface area (Å²) in [5.74, 6) is 0.539. The predicted molar refractivity (Wildman–Crippen MR) is 90.9 cm³/mol. The largest absolute Gasteiger partial charge is 0.462 e. The molecule has 1 aliphatic carbocycles. The Morgan fingerprint density at radius 3 is 2.30 bits per heavy atom. The van der Waals surface area contributed by atoms with Gasteiger partial charge in [0.05, 0.1) is 11.3 Å². The minimum Gasteiger partial charge on any atom is -0.462 e. The Labute approximate surface area is 141 Å². The van der Waals surface area contributed by atoms with E-state index in [0.29, 0.717) is 11.8 Å². The fourth-order valence-electron chi connectivity index (χ4n) is 3.50. The summed E-state index contributed by atoms with van der Waals surface area (Å²) < 4.78 is 10.7. The SMILES string of the molecule is CCC(C)(CC(C)C)C(=O)OCCOC(=O)C1CCCCC1C. The first kappa shape index (κ1) is 20.0. The van der Waals surface area contributed by atoms with E-state index in [2.05, 4.69) is 20.8 Å². The van der Waals surface area contributed by atoms with Gasteiger partial charge in [-0.25, -0.2) is 0 Å². The summed E-state index contributed by atoms with van der Waals surface area (Å²) >= 11 is 0. The van der Waals surface area contributed by atoms with Crippen LogP contribution in [0.5, 0.6) is 0 Å². The first-order valence-electron chi connectivity index (χ1n) is 9.14. The van der Waals surface area contributed by atoms with Crippen LogP contribution >= 0.6 is 0 Å². The van der Waals surface area contributed by atoms with Gasteiger partial charge in [-0.05, 0) is 44.4 Å². The van der Waals surface area contributed by atoms with Crippen molar-refractivity contribution in [3.63, 3.8) is 0 Å². The van der Waals surface area contributed by atoms with Gasteiger partial charge in [-0.3, -0.25) is 9.59 Å². The van der Waals surface area contributed by atoms with Gasteiger partial charge in [0, 0.05) is 0 Å². The lowest BCUT2D eigenvalue weighted by molar-refractivity contribution is -0.163. The maximum atomic E-state index is 12.3. The average Bonchev–Trinajstić information content (AvgIpc) is 2.50. The fraction of sp³-hybridized carbons (Fsp3) is 0.895. The van der Waals surface area contributed by atoms with Crippen molar-refractivity contribution < 1.29 is 19.1 Å². The highest BCUT2D eigenvalue weighted by molar-refractivity contribution is 5.76. The van der Waals surface area contributed by atoms with Gasteiger partial charge >= 0.3 is 11.9 Å².